The summed E-state index contributed by atoms with van der Waals surface area (Å²) in [7, 11) is 0. The maximum atomic E-state index is 4.84. The molecule has 13 rings (SSSR count). The van der Waals surface area contributed by atoms with Gasteiger partial charge in [0.2, 0.25) is 0 Å². The van der Waals surface area contributed by atoms with Crippen LogP contribution < -0.4 is 0 Å². The van der Waals surface area contributed by atoms with Crippen molar-refractivity contribution in [2.24, 2.45) is 0 Å². The van der Waals surface area contributed by atoms with E-state index in [1.54, 1.807) is 0 Å². The number of rotatable bonds is 4. The first-order chi connectivity index (χ1) is 30.8. The lowest BCUT2D eigenvalue weighted by atomic mass is 9.81. The Morgan fingerprint density at radius 1 is 0.226 bits per heavy atom. The van der Waals surface area contributed by atoms with Crippen molar-refractivity contribution in [1.82, 2.24) is 4.98 Å². The molecule has 13 aromatic rings. The second kappa shape index (κ2) is 13.7. The Bertz CT molecular complexity index is 3970. The van der Waals surface area contributed by atoms with Crippen molar-refractivity contribution < 1.29 is 0 Å². The van der Waals surface area contributed by atoms with Gasteiger partial charge in [0.1, 0.15) is 0 Å². The average molecular weight is 784 g/mol. The highest BCUT2D eigenvalue weighted by molar-refractivity contribution is 6.28. The summed E-state index contributed by atoms with van der Waals surface area (Å²) in [6.07, 6.45) is 1.90. The van der Waals surface area contributed by atoms with Crippen LogP contribution in [0.3, 0.4) is 0 Å². The monoisotopic (exact) mass is 783 g/mol. The average Bonchev–Trinajstić information content (AvgIpc) is 3.35. The minimum absolute atomic E-state index is 1.04. The summed E-state index contributed by atoms with van der Waals surface area (Å²) in [5.74, 6) is 0. The van der Waals surface area contributed by atoms with Crippen LogP contribution in [0.5, 0.6) is 0 Å². The van der Waals surface area contributed by atoms with Crippen molar-refractivity contribution in [2.75, 3.05) is 0 Å². The molecular formula is C61H37N. The van der Waals surface area contributed by atoms with Gasteiger partial charge in [-0.2, -0.15) is 0 Å². The van der Waals surface area contributed by atoms with E-state index in [4.69, 9.17) is 4.98 Å². The predicted octanol–water partition coefficient (Wildman–Crippen LogP) is 17.0. The molecule has 0 aliphatic heterocycles. The Labute approximate surface area is 358 Å². The Balaban J connectivity index is 1.10. The Hall–Kier alpha value is -8.13. The number of nitrogens with zero attached hydrogens (tertiary/aromatic N) is 1. The van der Waals surface area contributed by atoms with E-state index < -0.39 is 0 Å². The van der Waals surface area contributed by atoms with Gasteiger partial charge in [-0.05, 0) is 145 Å². The van der Waals surface area contributed by atoms with Crippen molar-refractivity contribution in [2.45, 2.75) is 0 Å². The summed E-state index contributed by atoms with van der Waals surface area (Å²) in [5.41, 5.74) is 10.8. The standard InChI is InChI=1S/C61H37N/c1-4-17-44-41(14-1)36-56(49-22-9-7-20-47(44)49)59-51-24-11-12-25-52(51)60(57-37-42-15-2-5-18-45(42)48-21-8-10-23-50(48)57)58-34-40(31-32-53(58)59)38-27-29-39(30-28-38)55-35-43-16-3-6-19-46(43)61-54(55)26-13-33-62-61/h1-37H. The van der Waals surface area contributed by atoms with Gasteiger partial charge in [0.15, 0.2) is 0 Å². The molecule has 0 amide bonds. The number of benzene rings is 12. The largest absolute Gasteiger partial charge is 0.256 e. The fourth-order valence-corrected chi connectivity index (χ4v) is 10.5. The second-order valence-corrected chi connectivity index (χ2v) is 16.6. The number of fused-ring (bicyclic) bond motifs is 11. The highest BCUT2D eigenvalue weighted by atomic mass is 14.6. The molecule has 0 atom stereocenters. The van der Waals surface area contributed by atoms with Gasteiger partial charge in [0.25, 0.3) is 0 Å². The number of aromatic nitrogens is 1. The zero-order chi connectivity index (χ0) is 40.7. The topological polar surface area (TPSA) is 12.9 Å². The van der Waals surface area contributed by atoms with Crippen LogP contribution in [-0.2, 0) is 0 Å². The van der Waals surface area contributed by atoms with Gasteiger partial charge in [-0.15, -0.1) is 0 Å². The molecule has 0 radical (unpaired) electrons. The van der Waals surface area contributed by atoms with Gasteiger partial charge in [-0.3, -0.25) is 4.98 Å². The molecule has 0 saturated heterocycles. The van der Waals surface area contributed by atoms with E-state index >= 15 is 0 Å². The zero-order valence-electron chi connectivity index (χ0n) is 33.8. The first-order valence-corrected chi connectivity index (χ1v) is 21.4. The van der Waals surface area contributed by atoms with Crippen LogP contribution in [0.15, 0.2) is 225 Å². The fourth-order valence-electron chi connectivity index (χ4n) is 10.5. The van der Waals surface area contributed by atoms with Gasteiger partial charge in [0.05, 0.1) is 5.52 Å². The van der Waals surface area contributed by atoms with Crippen LogP contribution in [0.1, 0.15) is 0 Å². The molecule has 0 aliphatic carbocycles. The molecule has 1 nitrogen and oxygen atoms in total. The molecule has 0 N–H and O–H groups in total. The lowest BCUT2D eigenvalue weighted by Gasteiger charge is -2.21. The first-order valence-electron chi connectivity index (χ1n) is 21.4. The summed E-state index contributed by atoms with van der Waals surface area (Å²) >= 11 is 0. The van der Waals surface area contributed by atoms with E-state index in [1.807, 2.05) is 12.3 Å². The van der Waals surface area contributed by atoms with E-state index in [0.717, 1.165) is 10.9 Å². The predicted molar refractivity (Wildman–Crippen MR) is 266 cm³/mol. The quantitative estimate of drug-likeness (QED) is 0.128. The van der Waals surface area contributed by atoms with Gasteiger partial charge < -0.3 is 0 Å². The highest BCUT2D eigenvalue weighted by Gasteiger charge is 2.22. The molecule has 0 bridgehead atoms. The molecular weight excluding hydrogens is 747 g/mol. The van der Waals surface area contributed by atoms with Gasteiger partial charge in [0, 0.05) is 17.0 Å². The molecule has 62 heavy (non-hydrogen) atoms. The van der Waals surface area contributed by atoms with Crippen molar-refractivity contribution in [3.63, 3.8) is 0 Å². The summed E-state index contributed by atoms with van der Waals surface area (Å²) in [5, 5.41) is 18.6. The lowest BCUT2D eigenvalue weighted by molar-refractivity contribution is 1.43. The smallest absolute Gasteiger partial charge is 0.0786 e. The third-order valence-corrected chi connectivity index (χ3v) is 13.2. The minimum Gasteiger partial charge on any atom is -0.256 e. The van der Waals surface area contributed by atoms with E-state index in [1.165, 1.54) is 120 Å². The van der Waals surface area contributed by atoms with E-state index in [9.17, 15) is 0 Å². The Morgan fingerprint density at radius 3 is 1.23 bits per heavy atom. The number of hydrogen-bond donors (Lipinski definition) is 0. The summed E-state index contributed by atoms with van der Waals surface area (Å²) in [4.78, 5) is 4.84. The molecule has 1 heterocycles. The SMILES string of the molecule is c1ccc2c(c1)cc(-c1c3ccccc3c(-c3cc4ccccc4c4ccccc34)c3cc(-c4ccc(-c5cc6ccccc6c6ncccc56)cc4)ccc13)c1ccccc12. The molecule has 286 valence electrons. The van der Waals surface area contributed by atoms with Crippen molar-refractivity contribution >= 4 is 86.3 Å². The van der Waals surface area contributed by atoms with Crippen LogP contribution in [0.25, 0.3) is 131 Å². The van der Waals surface area contributed by atoms with E-state index in [0.29, 0.717) is 0 Å². The molecule has 0 aliphatic rings. The van der Waals surface area contributed by atoms with Crippen molar-refractivity contribution in [3.8, 4) is 44.5 Å². The molecule has 12 aromatic carbocycles. The fraction of sp³-hybridized carbons (Fsp3) is 0. The lowest BCUT2D eigenvalue weighted by Crippen LogP contribution is -1.94. The maximum Gasteiger partial charge on any atom is 0.0786 e. The minimum atomic E-state index is 1.04. The van der Waals surface area contributed by atoms with Crippen LogP contribution in [-0.4, -0.2) is 4.98 Å². The summed E-state index contributed by atoms with van der Waals surface area (Å²) < 4.78 is 0. The first kappa shape index (κ1) is 34.7. The van der Waals surface area contributed by atoms with Crippen molar-refractivity contribution in [1.29, 1.82) is 0 Å². The zero-order valence-corrected chi connectivity index (χ0v) is 33.8. The van der Waals surface area contributed by atoms with Crippen LogP contribution in [0.4, 0.5) is 0 Å². The Kier molecular flexibility index (Phi) is 7.67. The Morgan fingerprint density at radius 2 is 0.629 bits per heavy atom. The van der Waals surface area contributed by atoms with Crippen LogP contribution in [0.2, 0.25) is 0 Å². The molecule has 0 saturated carbocycles. The van der Waals surface area contributed by atoms with Crippen molar-refractivity contribution in [3.05, 3.63) is 225 Å². The third kappa shape index (κ3) is 5.25. The molecule has 0 spiro atoms. The second-order valence-electron chi connectivity index (χ2n) is 16.6. The molecule has 0 unspecified atom stereocenters. The van der Waals surface area contributed by atoms with Gasteiger partial charge >= 0.3 is 0 Å². The molecule has 0 fully saturated rings. The van der Waals surface area contributed by atoms with Gasteiger partial charge in [-0.1, -0.05) is 188 Å². The highest BCUT2D eigenvalue weighted by Crippen LogP contribution is 2.49. The molecule has 1 heteroatoms. The maximum absolute atomic E-state index is 4.84. The molecule has 1 aromatic heterocycles. The van der Waals surface area contributed by atoms with E-state index in [2.05, 4.69) is 212 Å². The normalized spacial score (nSPS) is 11.9. The number of pyridine rings is 1. The number of hydrogen-bond acceptors (Lipinski definition) is 1. The van der Waals surface area contributed by atoms with Crippen LogP contribution >= 0.6 is 0 Å². The third-order valence-electron chi connectivity index (χ3n) is 13.2. The van der Waals surface area contributed by atoms with E-state index in [-0.39, 0.29) is 0 Å². The van der Waals surface area contributed by atoms with Gasteiger partial charge in [-0.25, -0.2) is 0 Å². The summed E-state index contributed by atoms with van der Waals surface area (Å²) in [6.45, 7) is 0. The summed E-state index contributed by atoms with van der Waals surface area (Å²) in [6, 6.07) is 80.8. The van der Waals surface area contributed by atoms with Crippen LogP contribution in [0, 0.1) is 0 Å².